The van der Waals surface area contributed by atoms with Crippen LogP contribution in [0.15, 0.2) is 54.6 Å². The molecule has 0 heterocycles. The number of halogens is 1. The molecule has 4 rings (SSSR count). The van der Waals surface area contributed by atoms with Gasteiger partial charge >= 0.3 is 5.97 Å². The van der Waals surface area contributed by atoms with Gasteiger partial charge in [-0.3, -0.25) is 0 Å². The summed E-state index contributed by atoms with van der Waals surface area (Å²) in [7, 11) is 0. The van der Waals surface area contributed by atoms with Gasteiger partial charge in [-0.05, 0) is 54.9 Å². The molecule has 0 radical (unpaired) electrons. The highest BCUT2D eigenvalue weighted by atomic mass is 79.9. The lowest BCUT2D eigenvalue weighted by Gasteiger charge is -2.31. The second-order valence-corrected chi connectivity index (χ2v) is 8.41. The first-order valence-electron chi connectivity index (χ1n) is 8.63. The van der Waals surface area contributed by atoms with Crippen LogP contribution in [-0.4, -0.2) is 17.4 Å². The number of rotatable bonds is 5. The van der Waals surface area contributed by atoms with E-state index in [2.05, 4.69) is 40.2 Å². The molecule has 0 unspecified atom stereocenters. The van der Waals surface area contributed by atoms with Gasteiger partial charge in [0.05, 0.1) is 5.56 Å². The number of hydrogen-bond donors (Lipinski definition) is 0. The van der Waals surface area contributed by atoms with E-state index in [1.807, 2.05) is 18.2 Å². The third kappa shape index (κ3) is 3.14. The molecule has 2 aromatic rings. The largest absolute Gasteiger partial charge is 0.461 e. The standard InChI is InChI=1S/C21H21BrO2/c22-19-12-17(13-19)15-6-8-18(9-7-15)21(10-11-21)14-24-20(23)16-4-2-1-3-5-16/h1-9,17,19H,10-14H2. The van der Waals surface area contributed by atoms with Crippen molar-refractivity contribution in [3.63, 3.8) is 0 Å². The van der Waals surface area contributed by atoms with Gasteiger partial charge in [-0.1, -0.05) is 58.4 Å². The van der Waals surface area contributed by atoms with Crippen molar-refractivity contribution >= 4 is 21.9 Å². The number of carbonyl (C=O) groups excluding carboxylic acids is 1. The molecule has 124 valence electrons. The predicted molar refractivity (Wildman–Crippen MR) is 98.8 cm³/mol. The van der Waals surface area contributed by atoms with Crippen LogP contribution in [0.4, 0.5) is 0 Å². The molecule has 0 spiro atoms. The van der Waals surface area contributed by atoms with Crippen molar-refractivity contribution in [2.45, 2.75) is 41.8 Å². The SMILES string of the molecule is O=C(OCC1(c2ccc(C3CC(Br)C3)cc2)CC1)c1ccccc1. The Morgan fingerprint density at radius 2 is 1.71 bits per heavy atom. The molecule has 0 bridgehead atoms. The first-order valence-corrected chi connectivity index (χ1v) is 9.55. The third-order valence-electron chi connectivity index (χ3n) is 5.42. The summed E-state index contributed by atoms with van der Waals surface area (Å²) in [4.78, 5) is 12.8. The molecular formula is C21H21BrO2. The average Bonchev–Trinajstić information content (AvgIpc) is 3.39. The Bertz CT molecular complexity index is 713. The number of esters is 1. The molecule has 2 saturated carbocycles. The summed E-state index contributed by atoms with van der Waals surface area (Å²) in [5, 5.41) is 0. The fourth-order valence-corrected chi connectivity index (χ4v) is 4.36. The summed E-state index contributed by atoms with van der Waals surface area (Å²) in [5.74, 6) is 0.478. The first kappa shape index (κ1) is 15.9. The monoisotopic (exact) mass is 384 g/mol. The Labute approximate surface area is 151 Å². The minimum Gasteiger partial charge on any atom is -0.461 e. The molecule has 0 aliphatic heterocycles. The van der Waals surface area contributed by atoms with Gasteiger partial charge in [0.25, 0.3) is 0 Å². The fourth-order valence-electron chi connectivity index (χ4n) is 3.46. The normalized spacial score (nSPS) is 24.0. The van der Waals surface area contributed by atoms with Crippen molar-refractivity contribution in [1.82, 2.24) is 0 Å². The van der Waals surface area contributed by atoms with Gasteiger partial charge in [-0.2, -0.15) is 0 Å². The van der Waals surface area contributed by atoms with Crippen molar-refractivity contribution < 1.29 is 9.53 Å². The topological polar surface area (TPSA) is 26.3 Å². The Kier molecular flexibility index (Phi) is 4.21. The number of carbonyl (C=O) groups is 1. The van der Waals surface area contributed by atoms with Crippen LogP contribution in [0.5, 0.6) is 0 Å². The van der Waals surface area contributed by atoms with E-state index in [9.17, 15) is 4.79 Å². The van der Waals surface area contributed by atoms with Crippen LogP contribution in [0.2, 0.25) is 0 Å². The smallest absolute Gasteiger partial charge is 0.338 e. The summed E-state index contributed by atoms with van der Waals surface area (Å²) >= 11 is 3.66. The van der Waals surface area contributed by atoms with E-state index < -0.39 is 0 Å². The third-order valence-corrected chi connectivity index (χ3v) is 6.17. The lowest BCUT2D eigenvalue weighted by atomic mass is 9.79. The molecule has 2 aliphatic rings. The minimum atomic E-state index is -0.226. The Morgan fingerprint density at radius 3 is 2.29 bits per heavy atom. The quantitative estimate of drug-likeness (QED) is 0.521. The van der Waals surface area contributed by atoms with Crippen LogP contribution in [0.3, 0.4) is 0 Å². The Morgan fingerprint density at radius 1 is 1.04 bits per heavy atom. The highest BCUT2D eigenvalue weighted by molar-refractivity contribution is 9.09. The summed E-state index contributed by atoms with van der Waals surface area (Å²) in [6.45, 7) is 0.479. The van der Waals surface area contributed by atoms with Gasteiger partial charge < -0.3 is 4.74 Å². The molecule has 2 fully saturated rings. The van der Waals surface area contributed by atoms with Crippen molar-refractivity contribution in [2.75, 3.05) is 6.61 Å². The maximum absolute atomic E-state index is 12.1. The molecule has 2 aromatic carbocycles. The van der Waals surface area contributed by atoms with E-state index in [4.69, 9.17) is 4.74 Å². The van der Waals surface area contributed by atoms with Crippen LogP contribution in [-0.2, 0) is 10.2 Å². The van der Waals surface area contributed by atoms with E-state index in [1.54, 1.807) is 12.1 Å². The molecule has 0 N–H and O–H groups in total. The second-order valence-electron chi connectivity index (χ2n) is 7.11. The molecule has 0 atom stereocenters. The van der Waals surface area contributed by atoms with E-state index in [0.717, 1.165) is 12.8 Å². The van der Waals surface area contributed by atoms with E-state index in [1.165, 1.54) is 24.0 Å². The number of benzene rings is 2. The molecule has 0 aromatic heterocycles. The Balaban J connectivity index is 1.39. The van der Waals surface area contributed by atoms with E-state index in [0.29, 0.717) is 22.9 Å². The fraction of sp³-hybridized carbons (Fsp3) is 0.381. The molecular weight excluding hydrogens is 364 g/mol. The number of alkyl halides is 1. The lowest BCUT2D eigenvalue weighted by molar-refractivity contribution is 0.0465. The van der Waals surface area contributed by atoms with Crippen LogP contribution < -0.4 is 0 Å². The zero-order valence-corrected chi connectivity index (χ0v) is 15.2. The first-order chi connectivity index (χ1) is 11.7. The second kappa shape index (κ2) is 6.36. The maximum Gasteiger partial charge on any atom is 0.338 e. The summed E-state index contributed by atoms with van der Waals surface area (Å²) in [5.41, 5.74) is 3.41. The molecule has 3 heteroatoms. The molecule has 2 aliphatic carbocycles. The number of ether oxygens (including phenoxy) is 1. The average molecular weight is 385 g/mol. The predicted octanol–water partition coefficient (Wildman–Crippen LogP) is 5.22. The van der Waals surface area contributed by atoms with E-state index >= 15 is 0 Å². The zero-order valence-electron chi connectivity index (χ0n) is 13.6. The maximum atomic E-state index is 12.1. The van der Waals surface area contributed by atoms with Crippen LogP contribution in [0, 0.1) is 0 Å². The summed E-state index contributed by atoms with van der Waals surface area (Å²) in [6, 6.07) is 18.2. The van der Waals surface area contributed by atoms with Gasteiger partial charge in [0.2, 0.25) is 0 Å². The van der Waals surface area contributed by atoms with Crippen LogP contribution in [0.25, 0.3) is 0 Å². The highest BCUT2D eigenvalue weighted by Gasteiger charge is 2.45. The molecule has 0 amide bonds. The van der Waals surface area contributed by atoms with E-state index in [-0.39, 0.29) is 11.4 Å². The van der Waals surface area contributed by atoms with Crippen molar-refractivity contribution in [1.29, 1.82) is 0 Å². The van der Waals surface area contributed by atoms with Gasteiger partial charge in [0.15, 0.2) is 0 Å². The zero-order chi connectivity index (χ0) is 16.6. The number of hydrogen-bond acceptors (Lipinski definition) is 2. The van der Waals surface area contributed by atoms with Crippen molar-refractivity contribution in [3.8, 4) is 0 Å². The van der Waals surface area contributed by atoms with Crippen molar-refractivity contribution in [2.24, 2.45) is 0 Å². The molecule has 2 nitrogen and oxygen atoms in total. The van der Waals surface area contributed by atoms with Gasteiger partial charge in [0.1, 0.15) is 6.61 Å². The Hall–Kier alpha value is -1.61. The van der Waals surface area contributed by atoms with Crippen LogP contribution in [0.1, 0.15) is 53.1 Å². The molecule has 24 heavy (non-hydrogen) atoms. The minimum absolute atomic E-state index is 0.0422. The van der Waals surface area contributed by atoms with Gasteiger partial charge in [-0.15, -0.1) is 0 Å². The van der Waals surface area contributed by atoms with Crippen LogP contribution >= 0.6 is 15.9 Å². The van der Waals surface area contributed by atoms with Gasteiger partial charge in [0, 0.05) is 10.2 Å². The summed E-state index contributed by atoms with van der Waals surface area (Å²) < 4.78 is 5.59. The molecule has 0 saturated heterocycles. The van der Waals surface area contributed by atoms with Gasteiger partial charge in [-0.25, -0.2) is 4.79 Å². The lowest BCUT2D eigenvalue weighted by Crippen LogP contribution is -2.22. The highest BCUT2D eigenvalue weighted by Crippen LogP contribution is 2.49. The summed E-state index contributed by atoms with van der Waals surface area (Å²) in [6.07, 6.45) is 4.67. The van der Waals surface area contributed by atoms with Crippen molar-refractivity contribution in [3.05, 3.63) is 71.3 Å².